The molecule has 6 nitrogen and oxygen atoms in total. The average Bonchev–Trinajstić information content (AvgIpc) is 2.62. The predicted molar refractivity (Wildman–Crippen MR) is 92.7 cm³/mol. The number of likely N-dealkylation sites (tertiary alicyclic amines) is 1. The first-order valence-electron chi connectivity index (χ1n) is 8.45. The molecule has 0 aliphatic carbocycles. The summed E-state index contributed by atoms with van der Waals surface area (Å²) in [6.45, 7) is 6.15. The van der Waals surface area contributed by atoms with Gasteiger partial charge in [0, 0.05) is 6.54 Å². The van der Waals surface area contributed by atoms with Gasteiger partial charge in [0.25, 0.3) is 0 Å². The minimum atomic E-state index is -1.05. The molecule has 0 bridgehead atoms. The van der Waals surface area contributed by atoms with Crippen molar-refractivity contribution < 1.29 is 24.2 Å². The summed E-state index contributed by atoms with van der Waals surface area (Å²) in [5.74, 6) is -0.445. The van der Waals surface area contributed by atoms with Crippen molar-refractivity contribution in [3.63, 3.8) is 0 Å². The van der Waals surface area contributed by atoms with Crippen molar-refractivity contribution in [3.8, 4) is 0 Å². The fourth-order valence-electron chi connectivity index (χ4n) is 3.04. The molecule has 1 fully saturated rings. The van der Waals surface area contributed by atoms with Crippen molar-refractivity contribution in [2.24, 2.45) is 5.41 Å². The Morgan fingerprint density at radius 3 is 2.68 bits per heavy atom. The molecule has 0 radical (unpaired) electrons. The predicted octanol–water partition coefficient (Wildman–Crippen LogP) is 2.52. The third kappa shape index (κ3) is 4.39. The van der Waals surface area contributed by atoms with E-state index in [0.717, 1.165) is 5.56 Å². The van der Waals surface area contributed by atoms with Gasteiger partial charge in [0.15, 0.2) is 0 Å². The van der Waals surface area contributed by atoms with E-state index in [2.05, 4.69) is 6.58 Å². The van der Waals surface area contributed by atoms with Gasteiger partial charge in [-0.1, -0.05) is 36.4 Å². The first kappa shape index (κ1) is 19.0. The van der Waals surface area contributed by atoms with E-state index in [9.17, 15) is 14.7 Å². The van der Waals surface area contributed by atoms with Crippen LogP contribution in [0.4, 0.5) is 4.79 Å². The lowest BCUT2D eigenvalue weighted by atomic mass is 9.73. The zero-order chi connectivity index (χ0) is 18.3. The minimum Gasteiger partial charge on any atom is -0.465 e. The summed E-state index contributed by atoms with van der Waals surface area (Å²) in [6, 6.07) is 9.37. The van der Waals surface area contributed by atoms with Crippen molar-refractivity contribution >= 4 is 12.1 Å². The van der Waals surface area contributed by atoms with Crippen LogP contribution in [0.25, 0.3) is 0 Å². The van der Waals surface area contributed by atoms with Crippen LogP contribution in [0.3, 0.4) is 0 Å². The monoisotopic (exact) mass is 347 g/mol. The van der Waals surface area contributed by atoms with Crippen LogP contribution >= 0.6 is 0 Å². The molecule has 2 rings (SSSR count). The summed E-state index contributed by atoms with van der Waals surface area (Å²) in [5, 5.41) is 10.6. The highest BCUT2D eigenvalue weighted by atomic mass is 16.6. The molecule has 1 aromatic rings. The van der Waals surface area contributed by atoms with Gasteiger partial charge in [-0.2, -0.15) is 0 Å². The molecule has 6 heteroatoms. The molecule has 1 aliphatic heterocycles. The lowest BCUT2D eigenvalue weighted by Gasteiger charge is -2.42. The van der Waals surface area contributed by atoms with Gasteiger partial charge in [-0.25, -0.2) is 4.79 Å². The van der Waals surface area contributed by atoms with Crippen LogP contribution in [0, 0.1) is 5.41 Å². The lowest BCUT2D eigenvalue weighted by molar-refractivity contribution is -0.168. The molecular weight excluding hydrogens is 322 g/mol. The van der Waals surface area contributed by atoms with Crippen LogP contribution in [0.1, 0.15) is 25.3 Å². The largest absolute Gasteiger partial charge is 0.465 e. The molecule has 1 aromatic carbocycles. The number of rotatable bonds is 6. The SMILES string of the molecule is C=CCC1(C(=O)OCC)CCN(C(=O)OCc2ccccc2)CC1O. The molecule has 0 spiro atoms. The standard InChI is InChI=1S/C19H25NO5/c1-3-10-19(17(22)24-4-2)11-12-20(13-16(19)21)18(23)25-14-15-8-6-5-7-9-15/h3,5-9,16,21H,1,4,10-14H2,2H3. The second kappa shape index (κ2) is 8.67. The van der Waals surface area contributed by atoms with Crippen LogP contribution in [0.5, 0.6) is 0 Å². The lowest BCUT2D eigenvalue weighted by Crippen LogP contribution is -2.56. The molecule has 1 heterocycles. The number of carbonyl (C=O) groups is 2. The second-order valence-corrected chi connectivity index (χ2v) is 6.12. The van der Waals surface area contributed by atoms with E-state index in [1.54, 1.807) is 13.0 Å². The van der Waals surface area contributed by atoms with E-state index < -0.39 is 23.6 Å². The third-order valence-electron chi connectivity index (χ3n) is 4.51. The van der Waals surface area contributed by atoms with Gasteiger partial charge in [-0.05, 0) is 25.3 Å². The zero-order valence-corrected chi connectivity index (χ0v) is 14.5. The number of piperidine rings is 1. The number of hydrogen-bond acceptors (Lipinski definition) is 5. The van der Waals surface area contributed by atoms with Crippen molar-refractivity contribution in [1.82, 2.24) is 4.90 Å². The van der Waals surface area contributed by atoms with E-state index in [1.807, 2.05) is 30.3 Å². The molecule has 2 unspecified atom stereocenters. The van der Waals surface area contributed by atoms with Gasteiger partial charge in [0.2, 0.25) is 0 Å². The number of carbonyl (C=O) groups excluding carboxylic acids is 2. The molecule has 0 aromatic heterocycles. The maximum absolute atomic E-state index is 12.3. The Morgan fingerprint density at radius 2 is 2.08 bits per heavy atom. The van der Waals surface area contributed by atoms with Gasteiger partial charge < -0.3 is 19.5 Å². The van der Waals surface area contributed by atoms with E-state index in [4.69, 9.17) is 9.47 Å². The molecule has 1 aliphatic rings. The fraction of sp³-hybridized carbons (Fsp3) is 0.474. The van der Waals surface area contributed by atoms with Crippen LogP contribution in [-0.2, 0) is 20.9 Å². The summed E-state index contributed by atoms with van der Waals surface area (Å²) in [5.41, 5.74) is -0.158. The highest BCUT2D eigenvalue weighted by Crippen LogP contribution is 2.37. The van der Waals surface area contributed by atoms with Gasteiger partial charge in [0.1, 0.15) is 12.0 Å². The van der Waals surface area contributed by atoms with Crippen LogP contribution in [0.15, 0.2) is 43.0 Å². The summed E-state index contributed by atoms with van der Waals surface area (Å²) in [7, 11) is 0. The maximum atomic E-state index is 12.3. The van der Waals surface area contributed by atoms with E-state index in [1.165, 1.54) is 4.90 Å². The van der Waals surface area contributed by atoms with Crippen molar-refractivity contribution in [2.75, 3.05) is 19.7 Å². The van der Waals surface area contributed by atoms with Crippen molar-refractivity contribution in [2.45, 2.75) is 32.5 Å². The molecule has 1 amide bonds. The number of aliphatic hydroxyl groups excluding tert-OH is 1. The topological polar surface area (TPSA) is 76.1 Å². The van der Waals surface area contributed by atoms with E-state index >= 15 is 0 Å². The number of amides is 1. The highest BCUT2D eigenvalue weighted by Gasteiger charge is 2.49. The van der Waals surface area contributed by atoms with Crippen molar-refractivity contribution in [1.29, 1.82) is 0 Å². The number of benzene rings is 1. The van der Waals surface area contributed by atoms with Crippen molar-refractivity contribution in [3.05, 3.63) is 48.6 Å². The van der Waals surface area contributed by atoms with Crippen LogP contribution in [0.2, 0.25) is 0 Å². The quantitative estimate of drug-likeness (QED) is 0.632. The first-order valence-corrected chi connectivity index (χ1v) is 8.45. The summed E-state index contributed by atoms with van der Waals surface area (Å²) in [4.78, 5) is 26.0. The molecule has 1 N–H and O–H groups in total. The minimum absolute atomic E-state index is 0.0281. The number of aliphatic hydroxyl groups is 1. The number of allylic oxidation sites excluding steroid dienone is 1. The molecule has 0 saturated carbocycles. The zero-order valence-electron chi connectivity index (χ0n) is 14.5. The van der Waals surface area contributed by atoms with Gasteiger partial charge in [-0.3, -0.25) is 4.79 Å². The summed E-state index contributed by atoms with van der Waals surface area (Å²) >= 11 is 0. The van der Waals surface area contributed by atoms with Crippen LogP contribution < -0.4 is 0 Å². The number of ether oxygens (including phenoxy) is 2. The third-order valence-corrected chi connectivity index (χ3v) is 4.51. The Balaban J connectivity index is 1.97. The number of esters is 1. The van der Waals surface area contributed by atoms with Gasteiger partial charge in [0.05, 0.1) is 19.3 Å². The smallest absolute Gasteiger partial charge is 0.410 e. The molecule has 2 atom stereocenters. The molecular formula is C19H25NO5. The maximum Gasteiger partial charge on any atom is 0.410 e. The number of β-amino-alcohol motifs (C(OH)–C–C–N with tert-alkyl or cyclic N) is 1. The average molecular weight is 347 g/mol. The fourth-order valence-corrected chi connectivity index (χ4v) is 3.04. The van der Waals surface area contributed by atoms with Crippen LogP contribution in [-0.4, -0.2) is 47.9 Å². The summed E-state index contributed by atoms with van der Waals surface area (Å²) in [6.07, 6.45) is 0.685. The normalized spacial score (nSPS) is 23.0. The number of nitrogens with zero attached hydrogens (tertiary/aromatic N) is 1. The van der Waals surface area contributed by atoms with E-state index in [-0.39, 0.29) is 19.8 Å². The Kier molecular flexibility index (Phi) is 6.58. The Morgan fingerprint density at radius 1 is 1.36 bits per heavy atom. The Labute approximate surface area is 148 Å². The van der Waals surface area contributed by atoms with E-state index in [0.29, 0.717) is 19.4 Å². The van der Waals surface area contributed by atoms with Gasteiger partial charge in [-0.15, -0.1) is 6.58 Å². The first-order chi connectivity index (χ1) is 12.0. The Bertz CT molecular complexity index is 603. The molecule has 1 saturated heterocycles. The number of hydrogen-bond donors (Lipinski definition) is 1. The second-order valence-electron chi connectivity index (χ2n) is 6.12. The molecule has 136 valence electrons. The molecule has 25 heavy (non-hydrogen) atoms. The highest BCUT2D eigenvalue weighted by molar-refractivity contribution is 5.79. The Hall–Kier alpha value is -2.34. The van der Waals surface area contributed by atoms with Gasteiger partial charge >= 0.3 is 12.1 Å². The summed E-state index contributed by atoms with van der Waals surface area (Å²) < 4.78 is 10.4.